The Labute approximate surface area is 153 Å². The van der Waals surface area contributed by atoms with Crippen molar-refractivity contribution in [1.29, 1.82) is 0 Å². The molecule has 3 rings (SSSR count). The van der Waals surface area contributed by atoms with Crippen LogP contribution in [-0.4, -0.2) is 28.9 Å². The average molecular weight is 355 g/mol. The molecule has 0 saturated carbocycles. The van der Waals surface area contributed by atoms with Crippen molar-refractivity contribution in [1.82, 2.24) is 5.01 Å². The van der Waals surface area contributed by atoms with Crippen molar-refractivity contribution in [3.63, 3.8) is 0 Å². The van der Waals surface area contributed by atoms with E-state index in [0.717, 1.165) is 30.5 Å². The maximum absolute atomic E-state index is 12.9. The number of anilines is 1. The first kappa shape index (κ1) is 18.2. The van der Waals surface area contributed by atoms with Gasteiger partial charge in [-0.15, -0.1) is 0 Å². The molecule has 6 nitrogen and oxygen atoms in total. The fraction of sp³-hybridized carbons (Fsp3) is 0.450. The van der Waals surface area contributed by atoms with Crippen LogP contribution in [0.2, 0.25) is 0 Å². The molecule has 0 N–H and O–H groups in total. The number of nitro groups is 1. The number of benzene rings is 2. The van der Waals surface area contributed by atoms with Gasteiger partial charge in [0.2, 0.25) is 5.91 Å². The van der Waals surface area contributed by atoms with E-state index in [0.29, 0.717) is 18.4 Å². The third-order valence-electron chi connectivity index (χ3n) is 4.60. The van der Waals surface area contributed by atoms with Crippen molar-refractivity contribution in [2.24, 2.45) is 5.41 Å². The van der Waals surface area contributed by atoms with E-state index in [9.17, 15) is 14.9 Å². The molecule has 0 aromatic heterocycles. The summed E-state index contributed by atoms with van der Waals surface area (Å²) in [5.74, 6) is 0.0969. The first-order valence-electron chi connectivity index (χ1n) is 9.02. The molecule has 0 atom stereocenters. The summed E-state index contributed by atoms with van der Waals surface area (Å²) in [6.45, 7) is 7.58. The van der Waals surface area contributed by atoms with Crippen LogP contribution in [0.1, 0.15) is 40.0 Å². The summed E-state index contributed by atoms with van der Waals surface area (Å²) in [7, 11) is 0. The van der Waals surface area contributed by atoms with Gasteiger partial charge in [0, 0.05) is 31.0 Å². The number of fused-ring (bicyclic) bond motifs is 1. The minimum Gasteiger partial charge on any atom is -0.282 e. The highest BCUT2D eigenvalue weighted by Gasteiger charge is 2.29. The molecule has 138 valence electrons. The highest BCUT2D eigenvalue weighted by molar-refractivity contribution is 6.00. The first-order valence-corrected chi connectivity index (χ1v) is 9.02. The second-order valence-electron chi connectivity index (χ2n) is 7.99. The van der Waals surface area contributed by atoms with Gasteiger partial charge in [0.25, 0.3) is 5.69 Å². The van der Waals surface area contributed by atoms with Gasteiger partial charge in [-0.25, -0.2) is 0 Å². The van der Waals surface area contributed by atoms with Crippen molar-refractivity contribution in [2.75, 3.05) is 18.1 Å². The van der Waals surface area contributed by atoms with Gasteiger partial charge in [-0.05, 0) is 30.4 Å². The number of rotatable bonds is 3. The maximum atomic E-state index is 12.9. The van der Waals surface area contributed by atoms with Gasteiger partial charge in [-0.1, -0.05) is 39.0 Å². The fourth-order valence-corrected chi connectivity index (χ4v) is 3.47. The molecular weight excluding hydrogens is 330 g/mol. The van der Waals surface area contributed by atoms with Crippen molar-refractivity contribution in [3.05, 3.63) is 46.5 Å². The summed E-state index contributed by atoms with van der Waals surface area (Å²) in [6.07, 6.45) is 2.43. The molecule has 2 aromatic rings. The Morgan fingerprint density at radius 1 is 1.08 bits per heavy atom. The summed E-state index contributed by atoms with van der Waals surface area (Å²) >= 11 is 0. The molecule has 0 bridgehead atoms. The number of carbonyl (C=O) groups is 1. The number of hydrogen-bond acceptors (Lipinski definition) is 4. The zero-order valence-electron chi connectivity index (χ0n) is 15.6. The highest BCUT2D eigenvalue weighted by Crippen LogP contribution is 2.35. The lowest BCUT2D eigenvalue weighted by Gasteiger charge is -2.41. The van der Waals surface area contributed by atoms with Crippen molar-refractivity contribution in [3.8, 4) is 0 Å². The van der Waals surface area contributed by atoms with Crippen LogP contribution in [0.25, 0.3) is 10.8 Å². The first-order chi connectivity index (χ1) is 12.3. The van der Waals surface area contributed by atoms with Gasteiger partial charge in [0.1, 0.15) is 0 Å². The number of carbonyl (C=O) groups excluding carboxylic acids is 1. The van der Waals surface area contributed by atoms with Crippen LogP contribution in [0.5, 0.6) is 0 Å². The lowest BCUT2D eigenvalue weighted by molar-refractivity contribution is -0.383. The van der Waals surface area contributed by atoms with Gasteiger partial charge in [-0.2, -0.15) is 0 Å². The number of hydrogen-bond donors (Lipinski definition) is 0. The van der Waals surface area contributed by atoms with Crippen LogP contribution in [0.3, 0.4) is 0 Å². The second-order valence-corrected chi connectivity index (χ2v) is 7.99. The number of non-ortho nitro benzene ring substituents is 1. The number of nitro benzene ring substituents is 1. The summed E-state index contributed by atoms with van der Waals surface area (Å²) in [5, 5.41) is 16.6. The maximum Gasteiger partial charge on any atom is 0.277 e. The molecule has 6 heteroatoms. The van der Waals surface area contributed by atoms with E-state index in [1.807, 2.05) is 22.2 Å². The average Bonchev–Trinajstić information content (AvgIpc) is 2.59. The van der Waals surface area contributed by atoms with E-state index in [1.54, 1.807) is 24.3 Å². The van der Waals surface area contributed by atoms with Crippen LogP contribution in [-0.2, 0) is 4.79 Å². The second kappa shape index (κ2) is 6.94. The molecule has 1 aliphatic heterocycles. The topological polar surface area (TPSA) is 66.7 Å². The summed E-state index contributed by atoms with van der Waals surface area (Å²) < 4.78 is 0. The quantitative estimate of drug-likeness (QED) is 0.599. The lowest BCUT2D eigenvalue weighted by atomic mass is 9.91. The Hall–Kier alpha value is -2.63. The van der Waals surface area contributed by atoms with E-state index in [2.05, 4.69) is 20.8 Å². The van der Waals surface area contributed by atoms with Crippen molar-refractivity contribution >= 4 is 28.1 Å². The van der Waals surface area contributed by atoms with Gasteiger partial charge >= 0.3 is 0 Å². The third kappa shape index (κ3) is 3.64. The van der Waals surface area contributed by atoms with Crippen LogP contribution < -0.4 is 5.01 Å². The number of hydrazine groups is 1. The van der Waals surface area contributed by atoms with Crippen molar-refractivity contribution in [2.45, 2.75) is 40.0 Å². The molecule has 0 radical (unpaired) electrons. The van der Waals surface area contributed by atoms with E-state index < -0.39 is 0 Å². The highest BCUT2D eigenvalue weighted by atomic mass is 16.6. The largest absolute Gasteiger partial charge is 0.282 e. The predicted octanol–water partition coefficient (Wildman–Crippen LogP) is 4.53. The predicted molar refractivity (Wildman–Crippen MR) is 103 cm³/mol. The van der Waals surface area contributed by atoms with Gasteiger partial charge in [0.05, 0.1) is 16.0 Å². The van der Waals surface area contributed by atoms with Gasteiger partial charge in [0.15, 0.2) is 0 Å². The van der Waals surface area contributed by atoms with Crippen LogP contribution in [0.15, 0.2) is 36.4 Å². The minimum absolute atomic E-state index is 0.0856. The molecule has 1 heterocycles. The molecule has 0 aliphatic carbocycles. The number of nitrogens with zero attached hydrogens (tertiary/aromatic N) is 3. The molecule has 1 amide bonds. The zero-order valence-corrected chi connectivity index (χ0v) is 15.6. The van der Waals surface area contributed by atoms with E-state index >= 15 is 0 Å². The van der Waals surface area contributed by atoms with E-state index in [4.69, 9.17) is 0 Å². The molecule has 26 heavy (non-hydrogen) atoms. The Morgan fingerprint density at radius 2 is 1.73 bits per heavy atom. The monoisotopic (exact) mass is 355 g/mol. The Bertz CT molecular complexity index is 842. The Morgan fingerprint density at radius 3 is 2.38 bits per heavy atom. The smallest absolute Gasteiger partial charge is 0.277 e. The summed E-state index contributed by atoms with van der Waals surface area (Å²) in [4.78, 5) is 23.9. The fourth-order valence-electron chi connectivity index (χ4n) is 3.47. The third-order valence-corrected chi connectivity index (χ3v) is 4.60. The van der Waals surface area contributed by atoms with E-state index in [1.165, 1.54) is 0 Å². The summed E-state index contributed by atoms with van der Waals surface area (Å²) in [5.41, 5.74) is 0.861. The molecule has 1 saturated heterocycles. The van der Waals surface area contributed by atoms with E-state index in [-0.39, 0.29) is 21.9 Å². The SMILES string of the molecule is CC(C)(C)CC(=O)N1CCCCN1c1ccc([N+](=O)[O-])c2ccccc12. The molecule has 0 spiro atoms. The van der Waals surface area contributed by atoms with Crippen LogP contribution in [0.4, 0.5) is 11.4 Å². The minimum atomic E-state index is -0.356. The number of amides is 1. The van der Waals surface area contributed by atoms with Gasteiger partial charge in [-0.3, -0.25) is 24.9 Å². The normalized spacial score (nSPS) is 15.3. The Balaban J connectivity index is 2.04. The molecule has 1 fully saturated rings. The zero-order chi connectivity index (χ0) is 18.9. The standard InChI is InChI=1S/C20H25N3O3/c1-20(2,3)14-19(24)22-13-7-6-12-21(22)17-10-11-18(23(25)26)16-9-5-4-8-15(16)17/h4-5,8-11H,6-7,12-14H2,1-3H3. The Kier molecular flexibility index (Phi) is 4.85. The molecule has 0 unspecified atom stereocenters. The summed E-state index contributed by atoms with van der Waals surface area (Å²) in [6, 6.07) is 10.6. The van der Waals surface area contributed by atoms with Gasteiger partial charge < -0.3 is 0 Å². The van der Waals surface area contributed by atoms with Crippen molar-refractivity contribution < 1.29 is 9.72 Å². The molecule has 2 aromatic carbocycles. The van der Waals surface area contributed by atoms with Crippen LogP contribution >= 0.6 is 0 Å². The molecule has 1 aliphatic rings. The molecular formula is C20H25N3O3. The lowest BCUT2D eigenvalue weighted by Crippen LogP contribution is -2.51. The van der Waals surface area contributed by atoms with Crippen LogP contribution in [0, 0.1) is 15.5 Å².